The summed E-state index contributed by atoms with van der Waals surface area (Å²) in [7, 11) is 0. The second-order valence-corrected chi connectivity index (χ2v) is 6.41. The molecule has 2 unspecified atom stereocenters. The molecule has 1 aromatic rings. The minimum absolute atomic E-state index is 0.855. The van der Waals surface area contributed by atoms with E-state index in [1.165, 1.54) is 30.4 Å². The molecular weight excluding hydrogens is 204 g/mol. The predicted molar refractivity (Wildman–Crippen MR) is 71.9 cm³/mol. The normalized spacial score (nSPS) is 37.6. The van der Waals surface area contributed by atoms with Gasteiger partial charge in [0, 0.05) is 0 Å². The smallest absolute Gasteiger partial charge is 0.00592 e. The van der Waals surface area contributed by atoms with Crippen LogP contribution in [0.5, 0.6) is 0 Å². The van der Waals surface area contributed by atoms with E-state index in [1.807, 2.05) is 0 Å². The molecule has 3 aliphatic carbocycles. The van der Waals surface area contributed by atoms with Crippen molar-refractivity contribution in [2.24, 2.45) is 17.8 Å². The molecule has 88 valence electrons. The summed E-state index contributed by atoms with van der Waals surface area (Å²) in [6.45, 7) is 4.59. The van der Waals surface area contributed by atoms with Gasteiger partial charge in [-0.15, -0.1) is 0 Å². The fraction of sp³-hybridized carbons (Fsp3) is 0.529. The largest absolute Gasteiger partial charge is 0.0687 e. The lowest BCUT2D eigenvalue weighted by Gasteiger charge is -2.36. The summed E-state index contributed by atoms with van der Waals surface area (Å²) in [5.74, 6) is 3.71. The molecule has 0 aliphatic heterocycles. The molecule has 3 aliphatic rings. The van der Waals surface area contributed by atoms with Crippen LogP contribution in [0.4, 0.5) is 0 Å². The summed E-state index contributed by atoms with van der Waals surface area (Å²) in [5, 5.41) is 0. The molecule has 0 aromatic heterocycles. The van der Waals surface area contributed by atoms with Crippen LogP contribution < -0.4 is 0 Å². The van der Waals surface area contributed by atoms with Crippen LogP contribution in [-0.2, 0) is 0 Å². The summed E-state index contributed by atoms with van der Waals surface area (Å²) < 4.78 is 0. The molecule has 1 aromatic carbocycles. The van der Waals surface area contributed by atoms with Gasteiger partial charge >= 0.3 is 0 Å². The Bertz CT molecular complexity index is 509. The molecule has 0 heterocycles. The summed E-state index contributed by atoms with van der Waals surface area (Å²) >= 11 is 0. The zero-order valence-corrected chi connectivity index (χ0v) is 10.7. The molecule has 0 spiro atoms. The molecule has 0 N–H and O–H groups in total. The summed E-state index contributed by atoms with van der Waals surface area (Å²) in [5.41, 5.74) is 6.24. The van der Waals surface area contributed by atoms with Gasteiger partial charge in [-0.2, -0.15) is 0 Å². The second kappa shape index (κ2) is 3.25. The van der Waals surface area contributed by atoms with Crippen molar-refractivity contribution in [3.8, 4) is 0 Å². The van der Waals surface area contributed by atoms with Crippen molar-refractivity contribution in [3.05, 3.63) is 40.5 Å². The van der Waals surface area contributed by atoms with Crippen LogP contribution in [0, 0.1) is 24.7 Å². The molecule has 4 atom stereocenters. The van der Waals surface area contributed by atoms with E-state index in [1.54, 1.807) is 11.1 Å². The average molecular weight is 224 g/mol. The van der Waals surface area contributed by atoms with Gasteiger partial charge in [-0.1, -0.05) is 35.4 Å². The van der Waals surface area contributed by atoms with Crippen LogP contribution in [0.2, 0.25) is 0 Å². The molecule has 2 saturated carbocycles. The highest BCUT2D eigenvalue weighted by atomic mass is 14.5. The zero-order chi connectivity index (χ0) is 11.6. The van der Waals surface area contributed by atoms with E-state index in [9.17, 15) is 0 Å². The number of fused-ring (bicyclic) bond motifs is 7. The Balaban J connectivity index is 1.92. The Labute approximate surface area is 104 Å². The van der Waals surface area contributed by atoms with Gasteiger partial charge in [-0.25, -0.2) is 0 Å². The van der Waals surface area contributed by atoms with Crippen molar-refractivity contribution in [2.45, 2.75) is 39.0 Å². The van der Waals surface area contributed by atoms with Crippen molar-refractivity contribution in [2.75, 3.05) is 0 Å². The van der Waals surface area contributed by atoms with Crippen LogP contribution in [0.3, 0.4) is 0 Å². The lowest BCUT2D eigenvalue weighted by Crippen LogP contribution is -2.24. The Morgan fingerprint density at radius 1 is 1.00 bits per heavy atom. The van der Waals surface area contributed by atoms with Crippen molar-refractivity contribution in [3.63, 3.8) is 0 Å². The van der Waals surface area contributed by atoms with Crippen LogP contribution in [-0.4, -0.2) is 0 Å². The molecule has 2 bridgehead atoms. The fourth-order valence-electron chi connectivity index (χ4n) is 4.85. The number of aryl methyl sites for hydroxylation is 1. The van der Waals surface area contributed by atoms with E-state index in [2.05, 4.69) is 38.1 Å². The topological polar surface area (TPSA) is 0 Å². The molecule has 4 rings (SSSR count). The molecule has 2 fully saturated rings. The molecule has 0 amide bonds. The van der Waals surface area contributed by atoms with Gasteiger partial charge in [0.1, 0.15) is 0 Å². The summed E-state index contributed by atoms with van der Waals surface area (Å²) in [4.78, 5) is 0. The van der Waals surface area contributed by atoms with Crippen molar-refractivity contribution in [1.29, 1.82) is 0 Å². The van der Waals surface area contributed by atoms with E-state index in [0.29, 0.717) is 0 Å². The molecule has 17 heavy (non-hydrogen) atoms. The van der Waals surface area contributed by atoms with Gasteiger partial charge in [-0.05, 0) is 67.9 Å². The van der Waals surface area contributed by atoms with Gasteiger partial charge in [0.15, 0.2) is 0 Å². The van der Waals surface area contributed by atoms with Crippen LogP contribution in [0.15, 0.2) is 23.8 Å². The van der Waals surface area contributed by atoms with Gasteiger partial charge < -0.3 is 0 Å². The average Bonchev–Trinajstić information content (AvgIpc) is 2.91. The van der Waals surface area contributed by atoms with E-state index >= 15 is 0 Å². The van der Waals surface area contributed by atoms with Crippen LogP contribution in [0.1, 0.15) is 48.8 Å². The second-order valence-electron chi connectivity index (χ2n) is 6.41. The first-order chi connectivity index (χ1) is 8.24. The monoisotopic (exact) mass is 224 g/mol. The standard InChI is InChI=1S/C17H20/c1-10-3-4-12-8-11(2)16-13-5-6-14(9-13)17(16)15(12)7-10/h3-4,7-8,13-14,16-17H,5-6,9H2,1-2H3/t13-,14+,16?,17?/m1/s1. The number of hydrogen-bond acceptors (Lipinski definition) is 0. The fourth-order valence-corrected chi connectivity index (χ4v) is 4.85. The number of benzene rings is 1. The molecule has 0 heteroatoms. The highest BCUT2D eigenvalue weighted by molar-refractivity contribution is 5.63. The van der Waals surface area contributed by atoms with Crippen molar-refractivity contribution in [1.82, 2.24) is 0 Å². The van der Waals surface area contributed by atoms with Gasteiger partial charge in [0.05, 0.1) is 0 Å². The highest BCUT2D eigenvalue weighted by Crippen LogP contribution is 2.61. The first kappa shape index (κ1) is 9.94. The third kappa shape index (κ3) is 1.24. The minimum atomic E-state index is 0.855. The third-order valence-electron chi connectivity index (χ3n) is 5.43. The summed E-state index contributed by atoms with van der Waals surface area (Å²) in [6.07, 6.45) is 6.91. The Hall–Kier alpha value is -1.04. The van der Waals surface area contributed by atoms with Gasteiger partial charge in [0.25, 0.3) is 0 Å². The van der Waals surface area contributed by atoms with Gasteiger partial charge in [-0.3, -0.25) is 0 Å². The molecule has 0 saturated heterocycles. The number of hydrogen-bond donors (Lipinski definition) is 0. The lowest BCUT2D eigenvalue weighted by molar-refractivity contribution is 0.325. The molecule has 0 radical (unpaired) electrons. The van der Waals surface area contributed by atoms with Crippen LogP contribution in [0.25, 0.3) is 6.08 Å². The maximum Gasteiger partial charge on any atom is -0.00592 e. The number of allylic oxidation sites excluding steroid dienone is 1. The quantitative estimate of drug-likeness (QED) is 0.607. The number of rotatable bonds is 0. The predicted octanol–water partition coefficient (Wildman–Crippen LogP) is 4.54. The van der Waals surface area contributed by atoms with E-state index in [-0.39, 0.29) is 0 Å². The SMILES string of the molecule is CC1=Cc2ccc(C)cc2C2C1[C@@H]1CC[C@H]2C1. The van der Waals surface area contributed by atoms with E-state index in [0.717, 1.165) is 23.7 Å². The lowest BCUT2D eigenvalue weighted by atomic mass is 9.68. The molecule has 0 nitrogen and oxygen atoms in total. The maximum absolute atomic E-state index is 2.46. The zero-order valence-electron chi connectivity index (χ0n) is 10.7. The first-order valence-electron chi connectivity index (χ1n) is 7.03. The van der Waals surface area contributed by atoms with Crippen molar-refractivity contribution < 1.29 is 0 Å². The summed E-state index contributed by atoms with van der Waals surface area (Å²) in [6, 6.07) is 7.04. The Morgan fingerprint density at radius 3 is 2.59 bits per heavy atom. The Kier molecular flexibility index (Phi) is 1.90. The Morgan fingerprint density at radius 2 is 1.76 bits per heavy atom. The van der Waals surface area contributed by atoms with Gasteiger partial charge in [0.2, 0.25) is 0 Å². The first-order valence-corrected chi connectivity index (χ1v) is 7.03. The minimum Gasteiger partial charge on any atom is -0.0687 e. The third-order valence-corrected chi connectivity index (χ3v) is 5.43. The van der Waals surface area contributed by atoms with Crippen molar-refractivity contribution >= 4 is 6.08 Å². The highest BCUT2D eigenvalue weighted by Gasteiger charge is 2.50. The van der Waals surface area contributed by atoms with E-state index < -0.39 is 0 Å². The van der Waals surface area contributed by atoms with E-state index in [4.69, 9.17) is 0 Å². The molecular formula is C17H20. The maximum atomic E-state index is 2.46. The van der Waals surface area contributed by atoms with Crippen LogP contribution >= 0.6 is 0 Å².